The topological polar surface area (TPSA) is 121 Å². The quantitative estimate of drug-likeness (QED) is 0.416. The van der Waals surface area contributed by atoms with Gasteiger partial charge in [0.15, 0.2) is 0 Å². The van der Waals surface area contributed by atoms with Crippen LogP contribution in [0.3, 0.4) is 0 Å². The number of nitrogens with zero attached hydrogens (tertiary/aromatic N) is 5. The maximum atomic E-state index is 13.1. The third-order valence-electron chi connectivity index (χ3n) is 7.01. The van der Waals surface area contributed by atoms with Crippen LogP contribution in [0.5, 0.6) is 17.2 Å². The Morgan fingerprint density at radius 3 is 2.49 bits per heavy atom. The Morgan fingerprint density at radius 1 is 1.07 bits per heavy atom. The summed E-state index contributed by atoms with van der Waals surface area (Å²) in [5.41, 5.74) is 1.89. The highest BCUT2D eigenvalue weighted by Gasteiger charge is 2.33. The van der Waals surface area contributed by atoms with Crippen LogP contribution in [0, 0.1) is 0 Å². The van der Waals surface area contributed by atoms with Gasteiger partial charge >= 0.3 is 6.03 Å². The van der Waals surface area contributed by atoms with Crippen LogP contribution in [0.15, 0.2) is 36.7 Å². The highest BCUT2D eigenvalue weighted by molar-refractivity contribution is 6.41. The zero-order valence-electron chi connectivity index (χ0n) is 22.9. The number of benzene rings is 2. The molecule has 0 spiro atoms. The van der Waals surface area contributed by atoms with Crippen molar-refractivity contribution in [3.05, 3.63) is 46.7 Å². The van der Waals surface area contributed by atoms with Gasteiger partial charge in [-0.25, -0.2) is 14.8 Å². The Labute approximate surface area is 247 Å². The number of urea groups is 1. The number of rotatable bonds is 6. The minimum absolute atomic E-state index is 0.0791. The van der Waals surface area contributed by atoms with Crippen LogP contribution in [0.25, 0.3) is 0 Å². The molecule has 2 N–H and O–H groups in total. The molecule has 3 heterocycles. The third-order valence-corrected chi connectivity index (χ3v) is 7.76. The molecule has 2 aromatic carbocycles. The van der Waals surface area contributed by atoms with Crippen molar-refractivity contribution in [2.75, 3.05) is 67.9 Å². The summed E-state index contributed by atoms with van der Waals surface area (Å²) in [7, 11) is 4.45. The van der Waals surface area contributed by atoms with Crippen LogP contribution in [-0.2, 0) is 4.79 Å². The average Bonchev–Trinajstić information content (AvgIpc) is 2.98. The summed E-state index contributed by atoms with van der Waals surface area (Å²) in [6.45, 7) is 4.15. The molecule has 2 aliphatic rings. The molecular formula is C27H29Cl2N7O5. The van der Waals surface area contributed by atoms with Gasteiger partial charge in [0, 0.05) is 57.5 Å². The Kier molecular flexibility index (Phi) is 8.13. The molecule has 3 amide bonds. The van der Waals surface area contributed by atoms with Crippen molar-refractivity contribution in [2.45, 2.75) is 13.0 Å². The number of methoxy groups -OCH3 is 2. The normalized spacial score (nSPS) is 15.7. The summed E-state index contributed by atoms with van der Waals surface area (Å²) < 4.78 is 16.6. The van der Waals surface area contributed by atoms with Crippen LogP contribution < -0.4 is 34.6 Å². The lowest BCUT2D eigenvalue weighted by molar-refractivity contribution is -0.129. The Balaban J connectivity index is 1.29. The first-order valence-electron chi connectivity index (χ1n) is 12.7. The number of ether oxygens (including phenoxy) is 3. The first-order chi connectivity index (χ1) is 19.7. The number of aromatic nitrogens is 2. The monoisotopic (exact) mass is 601 g/mol. The molecule has 14 heteroatoms. The van der Waals surface area contributed by atoms with Crippen LogP contribution in [-0.4, -0.2) is 80.4 Å². The van der Waals surface area contributed by atoms with Crippen molar-refractivity contribution in [1.82, 2.24) is 14.9 Å². The Hall–Kier alpha value is -4.16. The number of anilines is 5. The van der Waals surface area contributed by atoms with E-state index in [0.717, 1.165) is 23.7 Å². The second kappa shape index (κ2) is 11.8. The lowest BCUT2D eigenvalue weighted by Crippen LogP contribution is -2.58. The van der Waals surface area contributed by atoms with Gasteiger partial charge in [-0.05, 0) is 12.1 Å². The molecule has 1 fully saturated rings. The molecule has 1 aromatic heterocycles. The van der Waals surface area contributed by atoms with Gasteiger partial charge in [0.25, 0.3) is 0 Å². The van der Waals surface area contributed by atoms with Crippen molar-refractivity contribution in [3.8, 4) is 17.2 Å². The number of carbonyl (C=O) groups excluding carboxylic acids is 2. The van der Waals surface area contributed by atoms with E-state index in [0.29, 0.717) is 42.8 Å². The molecule has 0 aliphatic carbocycles. The lowest BCUT2D eigenvalue weighted by Gasteiger charge is -2.45. The van der Waals surface area contributed by atoms with E-state index < -0.39 is 6.03 Å². The highest BCUT2D eigenvalue weighted by atomic mass is 35.5. The predicted molar refractivity (Wildman–Crippen MR) is 158 cm³/mol. The molecule has 0 saturated carbocycles. The maximum Gasteiger partial charge on any atom is 0.327 e. The third kappa shape index (κ3) is 5.70. The van der Waals surface area contributed by atoms with Gasteiger partial charge in [0.1, 0.15) is 51.9 Å². The fourth-order valence-electron chi connectivity index (χ4n) is 4.77. The molecule has 216 valence electrons. The molecule has 2 aliphatic heterocycles. The van der Waals surface area contributed by atoms with E-state index in [9.17, 15) is 9.59 Å². The van der Waals surface area contributed by atoms with Crippen LogP contribution >= 0.6 is 23.2 Å². The largest absolute Gasteiger partial charge is 0.495 e. The molecule has 5 rings (SSSR count). The zero-order chi connectivity index (χ0) is 29.3. The number of fused-ring (bicyclic) bond motifs is 3. The molecule has 0 unspecified atom stereocenters. The summed E-state index contributed by atoms with van der Waals surface area (Å²) in [5, 5.41) is 6.21. The average molecular weight is 602 g/mol. The number of halogens is 2. The summed E-state index contributed by atoms with van der Waals surface area (Å²) in [5.74, 6) is 2.20. The van der Waals surface area contributed by atoms with Crippen molar-refractivity contribution >= 4 is 63.8 Å². The van der Waals surface area contributed by atoms with E-state index >= 15 is 0 Å². The fourth-order valence-corrected chi connectivity index (χ4v) is 5.36. The molecule has 3 aromatic rings. The molecule has 1 atom stereocenters. The van der Waals surface area contributed by atoms with E-state index in [-0.39, 0.29) is 27.7 Å². The van der Waals surface area contributed by atoms with Gasteiger partial charge < -0.3 is 34.6 Å². The minimum Gasteiger partial charge on any atom is -0.495 e. The molecule has 0 bridgehead atoms. The van der Waals surface area contributed by atoms with Crippen molar-refractivity contribution in [3.63, 3.8) is 0 Å². The summed E-state index contributed by atoms with van der Waals surface area (Å²) in [6, 6.07) is 8.56. The number of carbonyl (C=O) groups is 2. The van der Waals surface area contributed by atoms with Gasteiger partial charge in [-0.2, -0.15) is 0 Å². The molecular weight excluding hydrogens is 573 g/mol. The summed E-state index contributed by atoms with van der Waals surface area (Å²) >= 11 is 12.8. The van der Waals surface area contributed by atoms with Gasteiger partial charge in [-0.1, -0.05) is 23.2 Å². The van der Waals surface area contributed by atoms with Crippen LogP contribution in [0.2, 0.25) is 10.0 Å². The number of hydrogen-bond donors (Lipinski definition) is 2. The first-order valence-corrected chi connectivity index (χ1v) is 13.5. The number of amides is 3. The van der Waals surface area contributed by atoms with E-state index in [2.05, 4.69) is 25.5 Å². The number of nitrogens with one attached hydrogen (secondary N) is 2. The van der Waals surface area contributed by atoms with Crippen molar-refractivity contribution in [2.24, 2.45) is 0 Å². The van der Waals surface area contributed by atoms with E-state index in [1.54, 1.807) is 20.0 Å². The fraction of sp³-hybridized carbons (Fsp3) is 0.333. The predicted octanol–water partition coefficient (Wildman–Crippen LogP) is 4.64. The number of hydrogen-bond acceptors (Lipinski definition) is 9. The van der Waals surface area contributed by atoms with Crippen LogP contribution in [0.1, 0.15) is 6.92 Å². The van der Waals surface area contributed by atoms with Gasteiger partial charge in [0.2, 0.25) is 5.91 Å². The smallest absolute Gasteiger partial charge is 0.327 e. The summed E-state index contributed by atoms with van der Waals surface area (Å²) in [6.07, 6.45) is 1.35. The van der Waals surface area contributed by atoms with Crippen molar-refractivity contribution < 1.29 is 23.8 Å². The minimum atomic E-state index is -0.546. The SMILES string of the molecule is COc1cc(OC)c(Cl)c(NC(=O)N(C)c2cc(Nc3ccc4c(c3)OC[C@@H]3CN(C(C)=O)CCN43)ncn2)c1Cl. The second-order valence-electron chi connectivity index (χ2n) is 9.47. The Bertz CT molecular complexity index is 1460. The maximum absolute atomic E-state index is 13.1. The summed E-state index contributed by atoms with van der Waals surface area (Å²) in [4.78, 5) is 38.9. The van der Waals surface area contributed by atoms with E-state index in [1.165, 1.54) is 31.5 Å². The van der Waals surface area contributed by atoms with Gasteiger partial charge in [0.05, 0.1) is 31.6 Å². The van der Waals surface area contributed by atoms with Gasteiger partial charge in [-0.15, -0.1) is 0 Å². The van der Waals surface area contributed by atoms with E-state index in [4.69, 9.17) is 37.4 Å². The molecule has 41 heavy (non-hydrogen) atoms. The second-order valence-corrected chi connectivity index (χ2v) is 10.2. The first kappa shape index (κ1) is 28.4. The van der Waals surface area contributed by atoms with E-state index in [1.807, 2.05) is 23.1 Å². The zero-order valence-corrected chi connectivity index (χ0v) is 24.4. The standard InChI is InChI=1S/C27H29Cl2N7O5/c1-15(37)35-7-8-36-17(12-35)13-41-19-9-16(5-6-18(19)36)32-22-11-23(31-14-30-22)34(2)27(38)33-26-24(28)20(39-3)10-21(40-4)25(26)29/h5-6,9-11,14,17H,7-8,12-13H2,1-4H3,(H,33,38)(H,30,31,32)/t17-/m0/s1. The molecule has 0 radical (unpaired) electrons. The molecule has 12 nitrogen and oxygen atoms in total. The highest BCUT2D eigenvalue weighted by Crippen LogP contribution is 2.44. The van der Waals surface area contributed by atoms with Crippen molar-refractivity contribution in [1.29, 1.82) is 0 Å². The van der Waals surface area contributed by atoms with Gasteiger partial charge in [-0.3, -0.25) is 9.69 Å². The Morgan fingerprint density at radius 2 is 1.80 bits per heavy atom. The lowest BCUT2D eigenvalue weighted by atomic mass is 10.1. The number of piperazine rings is 1. The molecule has 1 saturated heterocycles. The van der Waals surface area contributed by atoms with Crippen LogP contribution in [0.4, 0.5) is 33.5 Å².